The van der Waals surface area contributed by atoms with E-state index in [9.17, 15) is 0 Å². The predicted molar refractivity (Wildman–Crippen MR) is 115 cm³/mol. The van der Waals surface area contributed by atoms with Gasteiger partial charge in [-0.05, 0) is 70.8 Å². The Balaban J connectivity index is 0.00000288. The molecule has 1 aliphatic carbocycles. The normalized spacial score (nSPS) is 24.2. The van der Waals surface area contributed by atoms with Crippen LogP contribution in [0.15, 0.2) is 4.99 Å². The maximum Gasteiger partial charge on any atom is 0.191 e. The van der Waals surface area contributed by atoms with Crippen LogP contribution < -0.4 is 10.6 Å². The van der Waals surface area contributed by atoms with E-state index in [1.54, 1.807) is 0 Å². The lowest BCUT2D eigenvalue weighted by Crippen LogP contribution is -2.46. The number of nitrogens with one attached hydrogen (secondary N) is 2. The highest BCUT2D eigenvalue weighted by molar-refractivity contribution is 14.0. The molecule has 0 bridgehead atoms. The quantitative estimate of drug-likeness (QED) is 0.352. The molecule has 0 radical (unpaired) electrons. The summed E-state index contributed by atoms with van der Waals surface area (Å²) in [6.07, 6.45) is 8.05. The Bertz CT molecular complexity index is 374. The van der Waals surface area contributed by atoms with Crippen molar-refractivity contribution >= 4 is 29.9 Å². The first-order valence-electron chi connectivity index (χ1n) is 9.85. The van der Waals surface area contributed by atoms with Crippen molar-refractivity contribution in [3.05, 3.63) is 0 Å². The highest BCUT2D eigenvalue weighted by Crippen LogP contribution is 2.43. The zero-order chi connectivity index (χ0) is 16.7. The van der Waals surface area contributed by atoms with Gasteiger partial charge >= 0.3 is 0 Å². The molecule has 2 aliphatic rings. The molecular formula is C19H39IN4. The van der Waals surface area contributed by atoms with Crippen LogP contribution in [-0.2, 0) is 0 Å². The molecule has 1 atom stereocenters. The van der Waals surface area contributed by atoms with Crippen molar-refractivity contribution in [3.63, 3.8) is 0 Å². The van der Waals surface area contributed by atoms with Crippen LogP contribution >= 0.6 is 24.0 Å². The number of halogens is 1. The van der Waals surface area contributed by atoms with E-state index < -0.39 is 0 Å². The summed E-state index contributed by atoms with van der Waals surface area (Å²) in [4.78, 5) is 7.51. The summed E-state index contributed by atoms with van der Waals surface area (Å²) in [5.74, 6) is 1.77. The molecule has 1 heterocycles. The first kappa shape index (κ1) is 22.0. The lowest BCUT2D eigenvalue weighted by atomic mass is 9.67. The van der Waals surface area contributed by atoms with Crippen molar-refractivity contribution in [2.75, 3.05) is 32.7 Å². The third-order valence-corrected chi connectivity index (χ3v) is 5.92. The second kappa shape index (κ2) is 10.8. The van der Waals surface area contributed by atoms with Crippen molar-refractivity contribution in [3.8, 4) is 0 Å². The van der Waals surface area contributed by atoms with E-state index in [2.05, 4.69) is 43.2 Å². The maximum absolute atomic E-state index is 4.90. The third-order valence-electron chi connectivity index (χ3n) is 5.92. The molecule has 5 heteroatoms. The number of likely N-dealkylation sites (tertiary alicyclic amines) is 1. The molecule has 1 aliphatic heterocycles. The first-order valence-corrected chi connectivity index (χ1v) is 9.85. The van der Waals surface area contributed by atoms with Gasteiger partial charge in [0.15, 0.2) is 5.96 Å². The monoisotopic (exact) mass is 450 g/mol. The van der Waals surface area contributed by atoms with Gasteiger partial charge in [-0.3, -0.25) is 4.99 Å². The minimum atomic E-state index is 0. The number of nitrogens with zero attached hydrogens (tertiary/aromatic N) is 2. The fourth-order valence-corrected chi connectivity index (χ4v) is 3.86. The molecule has 24 heavy (non-hydrogen) atoms. The topological polar surface area (TPSA) is 39.7 Å². The average molecular weight is 450 g/mol. The van der Waals surface area contributed by atoms with E-state index >= 15 is 0 Å². The molecule has 0 amide bonds. The van der Waals surface area contributed by atoms with Gasteiger partial charge in [0.25, 0.3) is 0 Å². The maximum atomic E-state index is 4.90. The number of piperidine rings is 1. The number of hydrogen-bond acceptors (Lipinski definition) is 2. The van der Waals surface area contributed by atoms with Gasteiger partial charge in [0.05, 0.1) is 0 Å². The first-order chi connectivity index (χ1) is 11.1. The largest absolute Gasteiger partial charge is 0.357 e. The number of aliphatic imine (C=N–C) groups is 1. The standard InChI is InChI=1S/C19H38N4.HI/c1-5-19(10-8-11-19)15-22-18(20-6-2)21-13-17-9-7-12-23(14-17)16(3)4;/h16-17H,5-15H2,1-4H3,(H2,20,21,22);1H. The van der Waals surface area contributed by atoms with Crippen molar-refractivity contribution in [2.24, 2.45) is 16.3 Å². The molecule has 1 saturated heterocycles. The lowest BCUT2D eigenvalue weighted by Gasteiger charge is -2.40. The molecule has 4 nitrogen and oxygen atoms in total. The zero-order valence-corrected chi connectivity index (χ0v) is 18.6. The van der Waals surface area contributed by atoms with E-state index in [0.717, 1.165) is 31.5 Å². The van der Waals surface area contributed by atoms with E-state index in [1.165, 1.54) is 51.6 Å². The minimum Gasteiger partial charge on any atom is -0.357 e. The summed E-state index contributed by atoms with van der Waals surface area (Å²) in [6, 6.07) is 0.669. The fourth-order valence-electron chi connectivity index (χ4n) is 3.86. The van der Waals surface area contributed by atoms with Crippen LogP contribution in [0.1, 0.15) is 66.2 Å². The Hall–Kier alpha value is -0.0400. The number of hydrogen-bond donors (Lipinski definition) is 2. The van der Waals surface area contributed by atoms with Crippen LogP contribution in [0.2, 0.25) is 0 Å². The molecule has 142 valence electrons. The highest BCUT2D eigenvalue weighted by Gasteiger charge is 2.34. The molecule has 0 spiro atoms. The van der Waals surface area contributed by atoms with E-state index in [1.807, 2.05) is 0 Å². The van der Waals surface area contributed by atoms with Gasteiger partial charge in [-0.1, -0.05) is 13.3 Å². The van der Waals surface area contributed by atoms with Gasteiger partial charge in [0, 0.05) is 32.2 Å². The Labute approximate surface area is 166 Å². The minimum absolute atomic E-state index is 0. The summed E-state index contributed by atoms with van der Waals surface area (Å²) in [7, 11) is 0. The molecule has 1 saturated carbocycles. The molecule has 0 aromatic rings. The predicted octanol–water partition coefficient (Wildman–Crippen LogP) is 3.86. The summed E-state index contributed by atoms with van der Waals surface area (Å²) in [6.45, 7) is 14.6. The number of guanidine groups is 1. The second-order valence-corrected chi connectivity index (χ2v) is 7.88. The Kier molecular flexibility index (Phi) is 9.94. The highest BCUT2D eigenvalue weighted by atomic mass is 127. The lowest BCUT2D eigenvalue weighted by molar-refractivity contribution is 0.138. The molecule has 2 fully saturated rings. The second-order valence-electron chi connectivity index (χ2n) is 7.88. The van der Waals surface area contributed by atoms with Gasteiger partial charge in [-0.15, -0.1) is 24.0 Å². The van der Waals surface area contributed by atoms with E-state index in [0.29, 0.717) is 11.5 Å². The van der Waals surface area contributed by atoms with Gasteiger partial charge < -0.3 is 15.5 Å². The van der Waals surface area contributed by atoms with Crippen molar-refractivity contribution in [2.45, 2.75) is 72.3 Å². The summed E-state index contributed by atoms with van der Waals surface area (Å²) >= 11 is 0. The third kappa shape index (κ3) is 6.36. The van der Waals surface area contributed by atoms with Gasteiger partial charge in [-0.25, -0.2) is 0 Å². The van der Waals surface area contributed by atoms with Crippen LogP contribution in [-0.4, -0.2) is 49.6 Å². The Morgan fingerprint density at radius 2 is 1.96 bits per heavy atom. The van der Waals surface area contributed by atoms with Crippen molar-refractivity contribution in [1.82, 2.24) is 15.5 Å². The Morgan fingerprint density at radius 1 is 1.21 bits per heavy atom. The van der Waals surface area contributed by atoms with Crippen molar-refractivity contribution in [1.29, 1.82) is 0 Å². The molecule has 0 aromatic heterocycles. The average Bonchev–Trinajstić information content (AvgIpc) is 2.52. The van der Waals surface area contributed by atoms with E-state index in [4.69, 9.17) is 4.99 Å². The molecule has 1 unspecified atom stereocenters. The van der Waals surface area contributed by atoms with Crippen LogP contribution in [0.25, 0.3) is 0 Å². The molecular weight excluding hydrogens is 411 g/mol. The fraction of sp³-hybridized carbons (Fsp3) is 0.947. The number of rotatable bonds is 7. The van der Waals surface area contributed by atoms with Crippen LogP contribution in [0, 0.1) is 11.3 Å². The van der Waals surface area contributed by atoms with Gasteiger partial charge in [0.1, 0.15) is 0 Å². The Morgan fingerprint density at radius 3 is 2.50 bits per heavy atom. The SMILES string of the molecule is CCNC(=NCC1(CC)CCC1)NCC1CCCN(C(C)C)C1.I. The summed E-state index contributed by atoms with van der Waals surface area (Å²) in [5.41, 5.74) is 0.502. The zero-order valence-electron chi connectivity index (χ0n) is 16.2. The van der Waals surface area contributed by atoms with Crippen LogP contribution in [0.5, 0.6) is 0 Å². The van der Waals surface area contributed by atoms with Gasteiger partial charge in [0.2, 0.25) is 0 Å². The summed E-state index contributed by atoms with van der Waals surface area (Å²) in [5, 5.41) is 7.03. The molecule has 2 N–H and O–H groups in total. The van der Waals surface area contributed by atoms with Crippen LogP contribution in [0.4, 0.5) is 0 Å². The van der Waals surface area contributed by atoms with Gasteiger partial charge in [-0.2, -0.15) is 0 Å². The molecule has 0 aromatic carbocycles. The summed E-state index contributed by atoms with van der Waals surface area (Å²) < 4.78 is 0. The van der Waals surface area contributed by atoms with E-state index in [-0.39, 0.29) is 24.0 Å². The smallest absolute Gasteiger partial charge is 0.191 e. The molecule has 2 rings (SSSR count). The van der Waals surface area contributed by atoms with Crippen LogP contribution in [0.3, 0.4) is 0 Å². The van der Waals surface area contributed by atoms with Crippen molar-refractivity contribution < 1.29 is 0 Å².